The van der Waals surface area contributed by atoms with Gasteiger partial charge in [-0.15, -0.1) is 0 Å². The molecule has 0 bridgehead atoms. The fourth-order valence-corrected chi connectivity index (χ4v) is 1.82. The molecular formula is C14H16N6O2. The molecule has 0 aliphatic heterocycles. The molecule has 0 radical (unpaired) electrons. The third-order valence-electron chi connectivity index (χ3n) is 2.80. The zero-order valence-electron chi connectivity index (χ0n) is 12.6. The van der Waals surface area contributed by atoms with Gasteiger partial charge in [0.1, 0.15) is 12.0 Å². The molecule has 114 valence electrons. The molecule has 0 N–H and O–H groups in total. The molecule has 0 amide bonds. The normalized spacial score (nSPS) is 11.1. The van der Waals surface area contributed by atoms with E-state index in [1.54, 1.807) is 29.5 Å². The van der Waals surface area contributed by atoms with Crippen molar-refractivity contribution in [3.8, 4) is 23.3 Å². The van der Waals surface area contributed by atoms with Gasteiger partial charge in [0, 0.05) is 12.6 Å². The van der Waals surface area contributed by atoms with Crippen LogP contribution in [0.1, 0.15) is 26.6 Å². The summed E-state index contributed by atoms with van der Waals surface area (Å²) in [4.78, 5) is 17.0. The molecule has 0 saturated carbocycles. The molecule has 0 aliphatic rings. The number of imidazole rings is 1. The van der Waals surface area contributed by atoms with E-state index in [1.807, 2.05) is 20.8 Å². The van der Waals surface area contributed by atoms with E-state index >= 15 is 0 Å². The van der Waals surface area contributed by atoms with Crippen molar-refractivity contribution in [3.05, 3.63) is 30.7 Å². The van der Waals surface area contributed by atoms with Crippen LogP contribution in [-0.2, 0) is 6.42 Å². The summed E-state index contributed by atoms with van der Waals surface area (Å²) in [5, 5.41) is 3.85. The zero-order chi connectivity index (χ0) is 15.5. The Kier molecular flexibility index (Phi) is 3.82. The van der Waals surface area contributed by atoms with E-state index in [0.29, 0.717) is 35.5 Å². The first kappa shape index (κ1) is 14.2. The second-order valence-electron chi connectivity index (χ2n) is 4.92. The monoisotopic (exact) mass is 300 g/mol. The highest BCUT2D eigenvalue weighted by Crippen LogP contribution is 2.17. The molecular weight excluding hydrogens is 284 g/mol. The number of ether oxygens (including phenoxy) is 1. The van der Waals surface area contributed by atoms with E-state index < -0.39 is 0 Å². The molecule has 3 heterocycles. The highest BCUT2D eigenvalue weighted by Gasteiger charge is 2.12. The maximum Gasteiger partial charge on any atom is 0.278 e. The molecule has 8 nitrogen and oxygen atoms in total. The Balaban J connectivity index is 1.81. The minimum absolute atomic E-state index is 0.0830. The van der Waals surface area contributed by atoms with Crippen molar-refractivity contribution in [2.75, 3.05) is 0 Å². The maximum absolute atomic E-state index is 5.51. The van der Waals surface area contributed by atoms with Gasteiger partial charge in [0.05, 0.1) is 18.5 Å². The van der Waals surface area contributed by atoms with Crippen LogP contribution in [0.3, 0.4) is 0 Å². The third kappa shape index (κ3) is 2.95. The van der Waals surface area contributed by atoms with Crippen LogP contribution in [0.25, 0.3) is 17.5 Å². The summed E-state index contributed by atoms with van der Waals surface area (Å²) in [6.45, 7) is 5.86. The number of aromatic nitrogens is 6. The van der Waals surface area contributed by atoms with Gasteiger partial charge in [-0.1, -0.05) is 12.1 Å². The molecule has 3 aromatic heterocycles. The lowest BCUT2D eigenvalue weighted by Gasteiger charge is -2.08. The Labute approximate surface area is 127 Å². The average Bonchev–Trinajstić information content (AvgIpc) is 3.16. The van der Waals surface area contributed by atoms with Gasteiger partial charge in [-0.2, -0.15) is 4.98 Å². The van der Waals surface area contributed by atoms with Crippen molar-refractivity contribution in [1.82, 2.24) is 29.7 Å². The fourth-order valence-electron chi connectivity index (χ4n) is 1.82. The van der Waals surface area contributed by atoms with E-state index in [0.717, 1.165) is 0 Å². The van der Waals surface area contributed by atoms with Crippen LogP contribution in [0.15, 0.2) is 29.4 Å². The van der Waals surface area contributed by atoms with Crippen LogP contribution in [0.2, 0.25) is 0 Å². The fraction of sp³-hybridized carbons (Fsp3) is 0.357. The SMILES string of the molecule is CCc1noc(-c2cn(-c3ncc(OC(C)C)cn3)cn2)n1. The number of nitrogens with zero attached hydrogens (tertiary/aromatic N) is 6. The Morgan fingerprint density at radius 1 is 1.23 bits per heavy atom. The third-order valence-corrected chi connectivity index (χ3v) is 2.80. The Morgan fingerprint density at radius 3 is 2.64 bits per heavy atom. The van der Waals surface area contributed by atoms with Crippen LogP contribution in [0, 0.1) is 0 Å². The molecule has 0 unspecified atom stereocenters. The Morgan fingerprint density at radius 2 is 2.00 bits per heavy atom. The van der Waals surface area contributed by atoms with Gasteiger partial charge < -0.3 is 9.26 Å². The molecule has 8 heteroatoms. The van der Waals surface area contributed by atoms with Crippen LogP contribution >= 0.6 is 0 Å². The lowest BCUT2D eigenvalue weighted by Crippen LogP contribution is -2.07. The number of hydrogen-bond donors (Lipinski definition) is 0. The first-order chi connectivity index (χ1) is 10.7. The van der Waals surface area contributed by atoms with Crippen LogP contribution < -0.4 is 4.74 Å². The largest absolute Gasteiger partial charge is 0.488 e. The maximum atomic E-state index is 5.51. The molecule has 0 aliphatic carbocycles. The second kappa shape index (κ2) is 5.92. The van der Waals surface area contributed by atoms with Crippen molar-refractivity contribution in [2.24, 2.45) is 0 Å². The van der Waals surface area contributed by atoms with Gasteiger partial charge in [-0.3, -0.25) is 4.57 Å². The minimum atomic E-state index is 0.0830. The summed E-state index contributed by atoms with van der Waals surface area (Å²) >= 11 is 0. The predicted octanol–water partition coefficient (Wildman–Crippen LogP) is 2.06. The molecule has 22 heavy (non-hydrogen) atoms. The molecule has 0 spiro atoms. The van der Waals surface area contributed by atoms with Crippen molar-refractivity contribution in [1.29, 1.82) is 0 Å². The summed E-state index contributed by atoms with van der Waals surface area (Å²) in [6, 6.07) is 0. The van der Waals surface area contributed by atoms with Crippen LogP contribution in [-0.4, -0.2) is 35.8 Å². The summed E-state index contributed by atoms with van der Waals surface area (Å²) in [6.07, 6.45) is 7.40. The van der Waals surface area contributed by atoms with E-state index in [2.05, 4.69) is 25.1 Å². The highest BCUT2D eigenvalue weighted by atomic mass is 16.5. The summed E-state index contributed by atoms with van der Waals surface area (Å²) in [7, 11) is 0. The van der Waals surface area contributed by atoms with Gasteiger partial charge in [0.25, 0.3) is 5.89 Å². The standard InChI is InChI=1S/C14H16N6O2/c1-4-12-18-13(22-19-12)11-7-20(8-17-11)14-15-5-10(6-16-14)21-9(2)3/h5-9H,4H2,1-3H3. The van der Waals surface area contributed by atoms with Gasteiger partial charge in [0.15, 0.2) is 11.6 Å². The number of aryl methyl sites for hydroxylation is 1. The van der Waals surface area contributed by atoms with E-state index in [4.69, 9.17) is 9.26 Å². The topological polar surface area (TPSA) is 91.8 Å². The van der Waals surface area contributed by atoms with Gasteiger partial charge in [-0.05, 0) is 13.8 Å². The first-order valence-electron chi connectivity index (χ1n) is 7.01. The van der Waals surface area contributed by atoms with Crippen molar-refractivity contribution < 1.29 is 9.26 Å². The minimum Gasteiger partial charge on any atom is -0.488 e. The number of rotatable bonds is 5. The quantitative estimate of drug-likeness (QED) is 0.712. The van der Waals surface area contributed by atoms with E-state index in [-0.39, 0.29) is 6.10 Å². The van der Waals surface area contributed by atoms with Gasteiger partial charge >= 0.3 is 0 Å². The van der Waals surface area contributed by atoms with Gasteiger partial charge in [-0.25, -0.2) is 15.0 Å². The van der Waals surface area contributed by atoms with Crippen LogP contribution in [0.4, 0.5) is 0 Å². The van der Waals surface area contributed by atoms with Crippen LogP contribution in [0.5, 0.6) is 5.75 Å². The molecule has 0 atom stereocenters. The molecule has 3 rings (SSSR count). The molecule has 0 saturated heterocycles. The number of hydrogen-bond acceptors (Lipinski definition) is 7. The van der Waals surface area contributed by atoms with Gasteiger partial charge in [0.2, 0.25) is 5.95 Å². The molecule has 3 aromatic rings. The van der Waals surface area contributed by atoms with Crippen molar-refractivity contribution in [2.45, 2.75) is 33.3 Å². The summed E-state index contributed by atoms with van der Waals surface area (Å²) in [5.41, 5.74) is 0.582. The smallest absolute Gasteiger partial charge is 0.278 e. The zero-order valence-corrected chi connectivity index (χ0v) is 12.6. The molecule has 0 aromatic carbocycles. The molecule has 0 fully saturated rings. The second-order valence-corrected chi connectivity index (χ2v) is 4.92. The first-order valence-corrected chi connectivity index (χ1v) is 7.01. The summed E-state index contributed by atoms with van der Waals surface area (Å²) in [5.74, 6) is 2.15. The summed E-state index contributed by atoms with van der Waals surface area (Å²) < 4.78 is 12.4. The predicted molar refractivity (Wildman–Crippen MR) is 77.6 cm³/mol. The van der Waals surface area contributed by atoms with Crippen molar-refractivity contribution in [3.63, 3.8) is 0 Å². The Hall–Kier alpha value is -2.77. The van der Waals surface area contributed by atoms with Crippen molar-refractivity contribution >= 4 is 0 Å². The lowest BCUT2D eigenvalue weighted by atomic mass is 10.4. The average molecular weight is 300 g/mol. The lowest BCUT2D eigenvalue weighted by molar-refractivity contribution is 0.240. The Bertz CT molecular complexity index is 747. The highest BCUT2D eigenvalue weighted by molar-refractivity contribution is 5.45. The van der Waals surface area contributed by atoms with E-state index in [9.17, 15) is 0 Å². The van der Waals surface area contributed by atoms with E-state index in [1.165, 1.54) is 0 Å².